The molecule has 1 atom stereocenters. The van der Waals surface area contributed by atoms with E-state index in [9.17, 15) is 9.59 Å². The average molecular weight is 386 g/mol. The van der Waals surface area contributed by atoms with Gasteiger partial charge in [0.15, 0.2) is 0 Å². The standard InChI is InChI=1S/C19H16BrNO3/c20-16-7-3-6-14(11-16)17(18(21)22)24-19(23)15-9-8-12-4-1-2-5-13(12)10-15/h1,3-4,6-11,17H,2,5H2,(H2,21,22). The number of rotatable bonds is 4. The van der Waals surface area contributed by atoms with Crippen molar-refractivity contribution in [2.45, 2.75) is 18.9 Å². The van der Waals surface area contributed by atoms with E-state index in [2.05, 4.69) is 22.0 Å². The summed E-state index contributed by atoms with van der Waals surface area (Å²) < 4.78 is 6.16. The Labute approximate surface area is 148 Å². The van der Waals surface area contributed by atoms with Crippen molar-refractivity contribution in [2.24, 2.45) is 5.73 Å². The molecule has 0 heterocycles. The second-order valence-electron chi connectivity index (χ2n) is 5.60. The van der Waals surface area contributed by atoms with Gasteiger partial charge >= 0.3 is 5.97 Å². The van der Waals surface area contributed by atoms with Gasteiger partial charge in [0.05, 0.1) is 5.56 Å². The monoisotopic (exact) mass is 385 g/mol. The lowest BCUT2D eigenvalue weighted by atomic mass is 9.95. The van der Waals surface area contributed by atoms with Crippen LogP contribution in [0.1, 0.15) is 39.6 Å². The van der Waals surface area contributed by atoms with Crippen LogP contribution in [-0.2, 0) is 16.0 Å². The number of carbonyl (C=O) groups excluding carboxylic acids is 2. The van der Waals surface area contributed by atoms with Crippen molar-refractivity contribution in [3.63, 3.8) is 0 Å². The van der Waals surface area contributed by atoms with E-state index in [1.54, 1.807) is 24.3 Å². The van der Waals surface area contributed by atoms with Crippen LogP contribution in [0.2, 0.25) is 0 Å². The number of carbonyl (C=O) groups is 2. The fourth-order valence-corrected chi connectivity index (χ4v) is 3.11. The molecule has 0 fully saturated rings. The number of esters is 1. The summed E-state index contributed by atoms with van der Waals surface area (Å²) in [5.74, 6) is -1.27. The van der Waals surface area contributed by atoms with Gasteiger partial charge in [-0.05, 0) is 48.2 Å². The molecule has 0 aliphatic heterocycles. The molecule has 1 aliphatic carbocycles. The molecule has 0 radical (unpaired) electrons. The van der Waals surface area contributed by atoms with Crippen LogP contribution in [0, 0.1) is 0 Å². The molecule has 122 valence electrons. The molecular weight excluding hydrogens is 370 g/mol. The van der Waals surface area contributed by atoms with E-state index in [0.29, 0.717) is 11.1 Å². The number of nitrogens with two attached hydrogens (primary N) is 1. The molecule has 0 saturated carbocycles. The predicted molar refractivity (Wildman–Crippen MR) is 95.3 cm³/mol. The SMILES string of the molecule is NC(=O)C(OC(=O)c1ccc2c(c1)CCC=C2)c1cccc(Br)c1. The Bertz CT molecular complexity index is 829. The minimum Gasteiger partial charge on any atom is -0.444 e. The number of fused-ring (bicyclic) bond motifs is 1. The van der Waals surface area contributed by atoms with E-state index in [1.165, 1.54) is 0 Å². The predicted octanol–water partition coefficient (Wildman–Crippen LogP) is 3.79. The van der Waals surface area contributed by atoms with Gasteiger partial charge in [-0.3, -0.25) is 4.79 Å². The van der Waals surface area contributed by atoms with Crippen molar-refractivity contribution < 1.29 is 14.3 Å². The number of benzene rings is 2. The Kier molecular flexibility index (Phi) is 4.81. The average Bonchev–Trinajstić information content (AvgIpc) is 2.58. The molecule has 1 amide bonds. The molecule has 2 aromatic rings. The van der Waals surface area contributed by atoms with Crippen LogP contribution >= 0.6 is 15.9 Å². The molecule has 1 unspecified atom stereocenters. The van der Waals surface area contributed by atoms with Crippen LogP contribution in [0.4, 0.5) is 0 Å². The maximum Gasteiger partial charge on any atom is 0.339 e. The molecule has 5 heteroatoms. The summed E-state index contributed by atoms with van der Waals surface area (Å²) in [6, 6.07) is 12.4. The van der Waals surface area contributed by atoms with Crippen molar-refractivity contribution in [2.75, 3.05) is 0 Å². The van der Waals surface area contributed by atoms with Crippen molar-refractivity contribution in [3.05, 3.63) is 75.3 Å². The molecule has 0 spiro atoms. The second kappa shape index (κ2) is 7.01. The highest BCUT2D eigenvalue weighted by Gasteiger charge is 2.24. The van der Waals surface area contributed by atoms with E-state index in [1.807, 2.05) is 24.3 Å². The summed E-state index contributed by atoms with van der Waals surface area (Å²) in [7, 11) is 0. The molecule has 4 nitrogen and oxygen atoms in total. The van der Waals surface area contributed by atoms with Gasteiger partial charge in [-0.15, -0.1) is 0 Å². The smallest absolute Gasteiger partial charge is 0.339 e. The van der Waals surface area contributed by atoms with E-state index >= 15 is 0 Å². The zero-order valence-corrected chi connectivity index (χ0v) is 14.5. The van der Waals surface area contributed by atoms with Crippen LogP contribution in [0.3, 0.4) is 0 Å². The topological polar surface area (TPSA) is 69.4 Å². The lowest BCUT2D eigenvalue weighted by Crippen LogP contribution is -2.26. The van der Waals surface area contributed by atoms with Crippen LogP contribution in [0.5, 0.6) is 0 Å². The number of halogens is 1. The van der Waals surface area contributed by atoms with Gasteiger partial charge in [0, 0.05) is 10.0 Å². The number of allylic oxidation sites excluding steroid dienone is 1. The fraction of sp³-hybridized carbons (Fsp3) is 0.158. The Morgan fingerprint density at radius 3 is 2.75 bits per heavy atom. The number of hydrogen-bond acceptors (Lipinski definition) is 3. The zero-order valence-electron chi connectivity index (χ0n) is 12.9. The molecule has 0 saturated heterocycles. The van der Waals surface area contributed by atoms with E-state index < -0.39 is 18.0 Å². The molecule has 0 aromatic heterocycles. The van der Waals surface area contributed by atoms with E-state index in [-0.39, 0.29) is 0 Å². The number of amides is 1. The van der Waals surface area contributed by atoms with Crippen molar-refractivity contribution in [1.82, 2.24) is 0 Å². The number of ether oxygens (including phenoxy) is 1. The van der Waals surface area contributed by atoms with Crippen LogP contribution in [-0.4, -0.2) is 11.9 Å². The molecule has 2 aromatic carbocycles. The third-order valence-electron chi connectivity index (χ3n) is 3.89. The Morgan fingerprint density at radius 1 is 1.17 bits per heavy atom. The Morgan fingerprint density at radius 2 is 2.00 bits per heavy atom. The van der Waals surface area contributed by atoms with Gasteiger partial charge in [0.25, 0.3) is 5.91 Å². The summed E-state index contributed by atoms with van der Waals surface area (Å²) in [5, 5.41) is 0. The van der Waals surface area contributed by atoms with Gasteiger partial charge in [0.1, 0.15) is 0 Å². The molecular formula is C19H16BrNO3. The van der Waals surface area contributed by atoms with Crippen molar-refractivity contribution in [1.29, 1.82) is 0 Å². The second-order valence-corrected chi connectivity index (χ2v) is 6.51. The first kappa shape index (κ1) is 16.5. The molecule has 24 heavy (non-hydrogen) atoms. The van der Waals surface area contributed by atoms with E-state index in [4.69, 9.17) is 10.5 Å². The highest BCUT2D eigenvalue weighted by Crippen LogP contribution is 2.24. The minimum atomic E-state index is -1.12. The van der Waals surface area contributed by atoms with Crippen LogP contribution < -0.4 is 5.73 Å². The van der Waals surface area contributed by atoms with E-state index in [0.717, 1.165) is 28.4 Å². The summed E-state index contributed by atoms with van der Waals surface area (Å²) in [6.07, 6.45) is 4.87. The maximum atomic E-state index is 12.4. The van der Waals surface area contributed by atoms with Crippen molar-refractivity contribution >= 4 is 33.9 Å². The normalized spacial score (nSPS) is 13.9. The van der Waals surface area contributed by atoms with Crippen molar-refractivity contribution in [3.8, 4) is 0 Å². The zero-order chi connectivity index (χ0) is 17.1. The third-order valence-corrected chi connectivity index (χ3v) is 4.38. The largest absolute Gasteiger partial charge is 0.444 e. The number of aryl methyl sites for hydroxylation is 1. The fourth-order valence-electron chi connectivity index (χ4n) is 2.70. The quantitative estimate of drug-likeness (QED) is 0.813. The minimum absolute atomic E-state index is 0.422. The maximum absolute atomic E-state index is 12.4. The van der Waals surface area contributed by atoms with Gasteiger partial charge < -0.3 is 10.5 Å². The summed E-state index contributed by atoms with van der Waals surface area (Å²) in [5.41, 5.74) is 8.58. The van der Waals surface area contributed by atoms with Gasteiger partial charge in [0.2, 0.25) is 6.10 Å². The summed E-state index contributed by atoms with van der Waals surface area (Å²) in [4.78, 5) is 24.2. The molecule has 0 bridgehead atoms. The van der Waals surface area contributed by atoms with Crippen LogP contribution in [0.15, 0.2) is 53.0 Å². The van der Waals surface area contributed by atoms with Gasteiger partial charge in [-0.1, -0.05) is 46.3 Å². The summed E-state index contributed by atoms with van der Waals surface area (Å²) >= 11 is 3.33. The Hall–Kier alpha value is -2.40. The first-order chi connectivity index (χ1) is 11.5. The van der Waals surface area contributed by atoms with Gasteiger partial charge in [-0.2, -0.15) is 0 Å². The Balaban J connectivity index is 1.84. The number of primary amides is 1. The molecule has 1 aliphatic rings. The highest BCUT2D eigenvalue weighted by molar-refractivity contribution is 9.10. The first-order valence-electron chi connectivity index (χ1n) is 7.60. The molecule has 2 N–H and O–H groups in total. The van der Waals surface area contributed by atoms with Crippen LogP contribution in [0.25, 0.3) is 6.08 Å². The summed E-state index contributed by atoms with van der Waals surface area (Å²) in [6.45, 7) is 0. The number of hydrogen-bond donors (Lipinski definition) is 1. The van der Waals surface area contributed by atoms with Gasteiger partial charge in [-0.25, -0.2) is 4.79 Å². The lowest BCUT2D eigenvalue weighted by molar-refractivity contribution is -0.127. The highest BCUT2D eigenvalue weighted by atomic mass is 79.9. The third kappa shape index (κ3) is 3.57. The lowest BCUT2D eigenvalue weighted by Gasteiger charge is -2.16. The first-order valence-corrected chi connectivity index (χ1v) is 8.39. The molecule has 3 rings (SSSR count).